The second-order valence-corrected chi connectivity index (χ2v) is 11.3. The lowest BCUT2D eigenvalue weighted by molar-refractivity contribution is -0.175. The summed E-state index contributed by atoms with van der Waals surface area (Å²) in [5.74, 6) is 0.765. The molecule has 6 atom stereocenters. The van der Waals surface area contributed by atoms with Crippen LogP contribution in [0.2, 0.25) is 0 Å². The molecule has 0 aromatic heterocycles. The first kappa shape index (κ1) is 23.1. The molecule has 2 fully saturated rings. The fourth-order valence-electron chi connectivity index (χ4n) is 6.44. The SMILES string of the molecule is CC(C)NC[C@H](O)[C@@](C)(O)CC[C@@H]1[C@@]2(C)CCCC(C)(C)[C@@H]2CC[C@@]1(C)O. The Balaban J connectivity index is 2.14. The predicted octanol–water partition coefficient (Wildman–Crippen LogP) is 3.87. The van der Waals surface area contributed by atoms with E-state index in [9.17, 15) is 15.3 Å². The van der Waals surface area contributed by atoms with Gasteiger partial charge in [-0.3, -0.25) is 0 Å². The van der Waals surface area contributed by atoms with Crippen LogP contribution in [0.1, 0.15) is 93.4 Å². The van der Waals surface area contributed by atoms with Gasteiger partial charge in [-0.15, -0.1) is 0 Å². The third kappa shape index (κ3) is 4.88. The highest BCUT2D eigenvalue weighted by molar-refractivity contribution is 5.07. The van der Waals surface area contributed by atoms with E-state index in [1.165, 1.54) is 12.8 Å². The van der Waals surface area contributed by atoms with Crippen molar-refractivity contribution in [3.05, 3.63) is 0 Å². The highest BCUT2D eigenvalue weighted by Crippen LogP contribution is 2.63. The van der Waals surface area contributed by atoms with Crippen molar-refractivity contribution < 1.29 is 15.3 Å². The number of rotatable bonds is 7. The molecular weight excluding hydrogens is 338 g/mol. The molecule has 0 saturated heterocycles. The van der Waals surface area contributed by atoms with Gasteiger partial charge in [0.05, 0.1) is 17.3 Å². The molecule has 0 heterocycles. The number of hydrogen-bond donors (Lipinski definition) is 4. The molecular formula is C23H45NO3. The van der Waals surface area contributed by atoms with Crippen LogP contribution >= 0.6 is 0 Å². The molecule has 27 heavy (non-hydrogen) atoms. The monoisotopic (exact) mass is 383 g/mol. The van der Waals surface area contributed by atoms with E-state index in [0.29, 0.717) is 24.3 Å². The average molecular weight is 384 g/mol. The van der Waals surface area contributed by atoms with Crippen LogP contribution in [0.5, 0.6) is 0 Å². The van der Waals surface area contributed by atoms with Crippen molar-refractivity contribution in [3.63, 3.8) is 0 Å². The molecule has 2 aliphatic rings. The summed E-state index contributed by atoms with van der Waals surface area (Å²) >= 11 is 0. The van der Waals surface area contributed by atoms with E-state index < -0.39 is 17.3 Å². The van der Waals surface area contributed by atoms with Crippen LogP contribution in [-0.4, -0.2) is 45.2 Å². The van der Waals surface area contributed by atoms with Gasteiger partial charge in [0.25, 0.3) is 0 Å². The Bertz CT molecular complexity index is 500. The van der Waals surface area contributed by atoms with E-state index in [2.05, 4.69) is 26.1 Å². The maximum Gasteiger partial charge on any atom is 0.0948 e. The van der Waals surface area contributed by atoms with E-state index in [0.717, 1.165) is 25.7 Å². The minimum absolute atomic E-state index is 0.0979. The zero-order valence-corrected chi connectivity index (χ0v) is 18.8. The normalized spacial score (nSPS) is 39.7. The van der Waals surface area contributed by atoms with Crippen LogP contribution in [0.25, 0.3) is 0 Å². The van der Waals surface area contributed by atoms with Gasteiger partial charge in [0.2, 0.25) is 0 Å². The van der Waals surface area contributed by atoms with Crippen molar-refractivity contribution in [2.24, 2.45) is 22.7 Å². The molecule has 0 aromatic carbocycles. The lowest BCUT2D eigenvalue weighted by Gasteiger charge is -2.61. The summed E-state index contributed by atoms with van der Waals surface area (Å²) in [5, 5.41) is 35.9. The number of fused-ring (bicyclic) bond motifs is 1. The zero-order chi connectivity index (χ0) is 20.7. The van der Waals surface area contributed by atoms with Crippen LogP contribution in [0, 0.1) is 22.7 Å². The highest BCUT2D eigenvalue weighted by atomic mass is 16.3. The Kier molecular flexibility index (Phi) is 6.79. The second-order valence-electron chi connectivity index (χ2n) is 11.3. The number of hydrogen-bond acceptors (Lipinski definition) is 4. The van der Waals surface area contributed by atoms with Crippen molar-refractivity contribution in [2.45, 2.75) is 117 Å². The van der Waals surface area contributed by atoms with Gasteiger partial charge in [0.15, 0.2) is 0 Å². The molecule has 0 aromatic rings. The zero-order valence-electron chi connectivity index (χ0n) is 18.8. The molecule has 0 aliphatic heterocycles. The fourth-order valence-corrected chi connectivity index (χ4v) is 6.44. The quantitative estimate of drug-likeness (QED) is 0.538. The fraction of sp³-hybridized carbons (Fsp3) is 1.00. The third-order valence-corrected chi connectivity index (χ3v) is 8.14. The number of aliphatic hydroxyl groups is 3. The minimum Gasteiger partial charge on any atom is -0.390 e. The summed E-state index contributed by atoms with van der Waals surface area (Å²) < 4.78 is 0. The Morgan fingerprint density at radius 2 is 1.74 bits per heavy atom. The van der Waals surface area contributed by atoms with Gasteiger partial charge in [-0.25, -0.2) is 0 Å². The van der Waals surface area contributed by atoms with Gasteiger partial charge in [-0.1, -0.05) is 41.0 Å². The summed E-state index contributed by atoms with van der Waals surface area (Å²) in [6, 6.07) is 0.277. The second kappa shape index (κ2) is 7.93. The van der Waals surface area contributed by atoms with Gasteiger partial charge < -0.3 is 20.6 Å². The van der Waals surface area contributed by atoms with E-state index in [1.807, 2.05) is 20.8 Å². The number of aliphatic hydroxyl groups excluding tert-OH is 1. The summed E-state index contributed by atoms with van der Waals surface area (Å²) in [5.41, 5.74) is -1.44. The lowest BCUT2D eigenvalue weighted by Crippen LogP contribution is -2.58. The molecule has 2 saturated carbocycles. The highest BCUT2D eigenvalue weighted by Gasteiger charge is 2.57. The predicted molar refractivity (Wildman–Crippen MR) is 112 cm³/mol. The summed E-state index contributed by atoms with van der Waals surface area (Å²) in [6.45, 7) is 15.3. The molecule has 4 nitrogen and oxygen atoms in total. The van der Waals surface area contributed by atoms with Crippen LogP contribution in [-0.2, 0) is 0 Å². The first-order valence-corrected chi connectivity index (χ1v) is 11.1. The van der Waals surface area contributed by atoms with Gasteiger partial charge in [-0.2, -0.15) is 0 Å². The van der Waals surface area contributed by atoms with E-state index in [-0.39, 0.29) is 17.4 Å². The Hall–Kier alpha value is -0.160. The van der Waals surface area contributed by atoms with Gasteiger partial charge in [-0.05, 0) is 75.0 Å². The maximum absolute atomic E-state index is 11.3. The van der Waals surface area contributed by atoms with Gasteiger partial charge in [0.1, 0.15) is 0 Å². The maximum atomic E-state index is 11.3. The van der Waals surface area contributed by atoms with E-state index >= 15 is 0 Å². The van der Waals surface area contributed by atoms with Crippen LogP contribution in [0.3, 0.4) is 0 Å². The Morgan fingerprint density at radius 1 is 1.11 bits per heavy atom. The first-order valence-electron chi connectivity index (χ1n) is 11.1. The summed E-state index contributed by atoms with van der Waals surface area (Å²) in [4.78, 5) is 0. The van der Waals surface area contributed by atoms with Gasteiger partial charge in [0, 0.05) is 12.6 Å². The van der Waals surface area contributed by atoms with Gasteiger partial charge >= 0.3 is 0 Å². The van der Waals surface area contributed by atoms with Crippen molar-refractivity contribution in [1.29, 1.82) is 0 Å². The van der Waals surface area contributed by atoms with Crippen LogP contribution in [0.4, 0.5) is 0 Å². The molecule has 2 aliphatic carbocycles. The Morgan fingerprint density at radius 3 is 2.33 bits per heavy atom. The largest absolute Gasteiger partial charge is 0.390 e. The van der Waals surface area contributed by atoms with E-state index in [1.54, 1.807) is 6.92 Å². The summed E-state index contributed by atoms with van der Waals surface area (Å²) in [7, 11) is 0. The third-order valence-electron chi connectivity index (χ3n) is 8.14. The Labute approximate surface area is 167 Å². The standard InChI is InChI=1S/C23H45NO3/c1-16(2)24-15-19(25)23(7,27)14-10-18-21(5)12-8-11-20(3,4)17(21)9-13-22(18,6)26/h16-19,24-27H,8-15H2,1-7H3/t17-,18+,19-,21-,22+,23-/m0/s1. The molecule has 2 rings (SSSR count). The van der Waals surface area contributed by atoms with Crippen LogP contribution < -0.4 is 5.32 Å². The molecule has 4 N–H and O–H groups in total. The lowest BCUT2D eigenvalue weighted by atomic mass is 9.45. The molecule has 0 spiro atoms. The molecule has 160 valence electrons. The average Bonchev–Trinajstić information content (AvgIpc) is 2.50. The van der Waals surface area contributed by atoms with Crippen molar-refractivity contribution >= 4 is 0 Å². The molecule has 0 radical (unpaired) electrons. The molecule has 4 heteroatoms. The topological polar surface area (TPSA) is 72.7 Å². The van der Waals surface area contributed by atoms with Crippen molar-refractivity contribution in [3.8, 4) is 0 Å². The van der Waals surface area contributed by atoms with Crippen LogP contribution in [0.15, 0.2) is 0 Å². The molecule has 0 amide bonds. The summed E-state index contributed by atoms with van der Waals surface area (Å²) in [6.07, 6.45) is 6.01. The smallest absolute Gasteiger partial charge is 0.0948 e. The molecule has 0 unspecified atom stereocenters. The van der Waals surface area contributed by atoms with Crippen molar-refractivity contribution in [2.75, 3.05) is 6.54 Å². The van der Waals surface area contributed by atoms with Crippen molar-refractivity contribution in [1.82, 2.24) is 5.32 Å². The molecule has 0 bridgehead atoms. The number of nitrogens with one attached hydrogen (secondary N) is 1. The first-order chi connectivity index (χ1) is 12.2. The minimum atomic E-state index is -1.15. The van der Waals surface area contributed by atoms with E-state index in [4.69, 9.17) is 0 Å².